The fourth-order valence-electron chi connectivity index (χ4n) is 2.16. The molecule has 1 aromatic rings. The van der Waals surface area contributed by atoms with Gasteiger partial charge in [-0.05, 0) is 44.9 Å². The van der Waals surface area contributed by atoms with E-state index in [1.165, 1.54) is 0 Å². The lowest BCUT2D eigenvalue weighted by atomic mass is 10.1. The van der Waals surface area contributed by atoms with Gasteiger partial charge in [-0.2, -0.15) is 0 Å². The first-order valence-corrected chi connectivity index (χ1v) is 6.87. The van der Waals surface area contributed by atoms with Crippen LogP contribution in [0, 0.1) is 0 Å². The normalized spacial score (nSPS) is 18.4. The summed E-state index contributed by atoms with van der Waals surface area (Å²) in [6.07, 6.45) is 4.72. The average molecular weight is 276 g/mol. The van der Waals surface area contributed by atoms with E-state index in [4.69, 9.17) is 14.6 Å². The van der Waals surface area contributed by atoms with Crippen LogP contribution < -0.4 is 4.74 Å². The fraction of sp³-hybridized carbons (Fsp3) is 0.438. The molecule has 2 rings (SSSR count). The highest BCUT2D eigenvalue weighted by molar-refractivity contribution is 5.89. The molecule has 0 spiro atoms. The molecule has 1 unspecified atom stereocenters. The van der Waals surface area contributed by atoms with E-state index in [9.17, 15) is 4.79 Å². The van der Waals surface area contributed by atoms with Gasteiger partial charge in [-0.15, -0.1) is 0 Å². The highest BCUT2D eigenvalue weighted by atomic mass is 16.7. The predicted molar refractivity (Wildman–Crippen MR) is 76.9 cm³/mol. The highest BCUT2D eigenvalue weighted by Crippen LogP contribution is 2.26. The number of carbonyl (C=O) groups is 1. The Labute approximate surface area is 119 Å². The van der Waals surface area contributed by atoms with Crippen molar-refractivity contribution in [3.8, 4) is 5.75 Å². The van der Waals surface area contributed by atoms with Crippen molar-refractivity contribution in [2.75, 3.05) is 6.61 Å². The zero-order chi connectivity index (χ0) is 14.5. The maximum absolute atomic E-state index is 11.1. The Bertz CT molecular complexity index is 509. The van der Waals surface area contributed by atoms with E-state index < -0.39 is 5.97 Å². The number of hydrogen-bond acceptors (Lipinski definition) is 3. The summed E-state index contributed by atoms with van der Waals surface area (Å²) in [5, 5.41) is 9.07. The zero-order valence-corrected chi connectivity index (χ0v) is 11.9. The summed E-state index contributed by atoms with van der Waals surface area (Å²) >= 11 is 0. The van der Waals surface area contributed by atoms with E-state index in [0.717, 1.165) is 37.0 Å². The lowest BCUT2D eigenvalue weighted by molar-refractivity contribution is -0.106. The molecule has 0 saturated carbocycles. The van der Waals surface area contributed by atoms with Crippen molar-refractivity contribution in [2.45, 2.75) is 39.4 Å². The number of benzene rings is 1. The largest absolute Gasteiger partial charge is 0.478 e. The molecule has 0 amide bonds. The van der Waals surface area contributed by atoms with Crippen molar-refractivity contribution in [1.82, 2.24) is 0 Å². The van der Waals surface area contributed by atoms with E-state index >= 15 is 0 Å². The monoisotopic (exact) mass is 276 g/mol. The molecule has 1 heterocycles. The molecule has 4 heteroatoms. The lowest BCUT2D eigenvalue weighted by Crippen LogP contribution is -2.25. The third-order valence-corrected chi connectivity index (χ3v) is 3.10. The van der Waals surface area contributed by atoms with Crippen molar-refractivity contribution in [3.05, 3.63) is 34.9 Å². The van der Waals surface area contributed by atoms with E-state index in [1.54, 1.807) is 18.2 Å². The van der Waals surface area contributed by atoms with Gasteiger partial charge in [-0.1, -0.05) is 11.6 Å². The molecule has 1 atom stereocenters. The molecule has 0 aromatic heterocycles. The second kappa shape index (κ2) is 6.57. The molecule has 4 nitrogen and oxygen atoms in total. The maximum Gasteiger partial charge on any atom is 0.335 e. The molecule has 1 aromatic carbocycles. The quantitative estimate of drug-likeness (QED) is 0.910. The second-order valence-corrected chi connectivity index (χ2v) is 5.19. The van der Waals surface area contributed by atoms with Crippen molar-refractivity contribution in [2.24, 2.45) is 0 Å². The van der Waals surface area contributed by atoms with Crippen LogP contribution in [-0.2, 0) is 4.74 Å². The van der Waals surface area contributed by atoms with Gasteiger partial charge in [-0.25, -0.2) is 4.79 Å². The van der Waals surface area contributed by atoms with E-state index in [0.29, 0.717) is 5.75 Å². The standard InChI is InChI=1S/C16H20O4/c1-11(2)9-13-10-12(16(17)18)6-7-14(13)20-15-5-3-4-8-19-15/h6-7,9-10,15H,3-5,8H2,1-2H3,(H,17,18). The van der Waals surface area contributed by atoms with E-state index in [-0.39, 0.29) is 11.9 Å². The number of allylic oxidation sites excluding steroid dienone is 1. The maximum atomic E-state index is 11.1. The third kappa shape index (κ3) is 3.84. The SMILES string of the molecule is CC(C)=Cc1cc(C(=O)O)ccc1OC1CCCCO1. The van der Waals surface area contributed by atoms with Crippen LogP contribution in [0.25, 0.3) is 6.08 Å². The van der Waals surface area contributed by atoms with Crippen LogP contribution in [-0.4, -0.2) is 24.0 Å². The fourth-order valence-corrected chi connectivity index (χ4v) is 2.16. The Morgan fingerprint density at radius 1 is 1.40 bits per heavy atom. The molecule has 1 fully saturated rings. The van der Waals surface area contributed by atoms with Gasteiger partial charge in [0.25, 0.3) is 0 Å². The van der Waals surface area contributed by atoms with E-state index in [1.807, 2.05) is 19.9 Å². The number of carboxylic acid groups (broad SMARTS) is 1. The summed E-state index contributed by atoms with van der Waals surface area (Å²) < 4.78 is 11.4. The Morgan fingerprint density at radius 2 is 2.20 bits per heavy atom. The first-order valence-electron chi connectivity index (χ1n) is 6.87. The van der Waals surface area contributed by atoms with Gasteiger partial charge in [0.2, 0.25) is 0 Å². The van der Waals surface area contributed by atoms with Gasteiger partial charge < -0.3 is 14.6 Å². The number of ether oxygens (including phenoxy) is 2. The van der Waals surface area contributed by atoms with Crippen molar-refractivity contribution in [3.63, 3.8) is 0 Å². The van der Waals surface area contributed by atoms with E-state index in [2.05, 4.69) is 0 Å². The van der Waals surface area contributed by atoms with Crippen LogP contribution in [0.3, 0.4) is 0 Å². The summed E-state index contributed by atoms with van der Waals surface area (Å²) in [7, 11) is 0. The summed E-state index contributed by atoms with van der Waals surface area (Å²) in [5.74, 6) is -0.267. The number of aromatic carboxylic acids is 1. The number of rotatable bonds is 4. The van der Waals surface area contributed by atoms with Crippen LogP contribution in [0.15, 0.2) is 23.8 Å². The van der Waals surface area contributed by atoms with Crippen LogP contribution in [0.1, 0.15) is 49.0 Å². The Kier molecular flexibility index (Phi) is 4.79. The average Bonchev–Trinajstić information content (AvgIpc) is 2.41. The smallest absolute Gasteiger partial charge is 0.335 e. The van der Waals surface area contributed by atoms with Gasteiger partial charge in [-0.3, -0.25) is 0 Å². The van der Waals surface area contributed by atoms with Gasteiger partial charge >= 0.3 is 5.97 Å². The van der Waals surface area contributed by atoms with Gasteiger partial charge in [0, 0.05) is 12.0 Å². The predicted octanol–water partition coefficient (Wildman–Crippen LogP) is 3.71. The Morgan fingerprint density at radius 3 is 2.80 bits per heavy atom. The number of hydrogen-bond donors (Lipinski definition) is 1. The highest BCUT2D eigenvalue weighted by Gasteiger charge is 2.17. The first kappa shape index (κ1) is 14.6. The molecule has 108 valence electrons. The molecular weight excluding hydrogens is 256 g/mol. The minimum absolute atomic E-state index is 0.233. The topological polar surface area (TPSA) is 55.8 Å². The van der Waals surface area contributed by atoms with Gasteiger partial charge in [0.1, 0.15) is 5.75 Å². The molecule has 0 radical (unpaired) electrons. The molecule has 1 aliphatic heterocycles. The van der Waals surface area contributed by atoms with Gasteiger partial charge in [0.15, 0.2) is 6.29 Å². The lowest BCUT2D eigenvalue weighted by Gasteiger charge is -2.24. The Hall–Kier alpha value is -1.81. The van der Waals surface area contributed by atoms with Crippen molar-refractivity contribution >= 4 is 12.0 Å². The molecule has 0 bridgehead atoms. The minimum atomic E-state index is -0.936. The summed E-state index contributed by atoms with van der Waals surface area (Å²) in [6, 6.07) is 4.90. The zero-order valence-electron chi connectivity index (χ0n) is 11.9. The molecule has 1 saturated heterocycles. The van der Waals surface area contributed by atoms with Crippen LogP contribution in [0.5, 0.6) is 5.75 Å². The molecule has 0 aliphatic carbocycles. The van der Waals surface area contributed by atoms with Crippen molar-refractivity contribution < 1.29 is 19.4 Å². The number of carboxylic acids is 1. The molecular formula is C16H20O4. The first-order chi connectivity index (χ1) is 9.56. The second-order valence-electron chi connectivity index (χ2n) is 5.19. The molecule has 20 heavy (non-hydrogen) atoms. The van der Waals surface area contributed by atoms with Crippen LogP contribution in [0.2, 0.25) is 0 Å². The molecule has 1 N–H and O–H groups in total. The summed E-state index contributed by atoms with van der Waals surface area (Å²) in [6.45, 7) is 4.65. The third-order valence-electron chi connectivity index (χ3n) is 3.10. The summed E-state index contributed by atoms with van der Waals surface area (Å²) in [5.41, 5.74) is 2.12. The van der Waals surface area contributed by atoms with Crippen LogP contribution in [0.4, 0.5) is 0 Å². The van der Waals surface area contributed by atoms with Crippen molar-refractivity contribution in [1.29, 1.82) is 0 Å². The summed E-state index contributed by atoms with van der Waals surface area (Å²) in [4.78, 5) is 11.1. The molecule has 1 aliphatic rings. The van der Waals surface area contributed by atoms with Gasteiger partial charge in [0.05, 0.1) is 12.2 Å². The minimum Gasteiger partial charge on any atom is -0.478 e. The van der Waals surface area contributed by atoms with Crippen LogP contribution >= 0.6 is 0 Å². The Balaban J connectivity index is 2.25.